The minimum absolute atomic E-state index is 0.0874. The van der Waals surface area contributed by atoms with Crippen molar-refractivity contribution in [2.75, 3.05) is 4.90 Å². The molecule has 0 bridgehead atoms. The Labute approximate surface area is 114 Å². The second-order valence-electron chi connectivity index (χ2n) is 4.63. The predicted molar refractivity (Wildman–Crippen MR) is 68.9 cm³/mol. The molecule has 0 saturated heterocycles. The van der Waals surface area contributed by atoms with Crippen molar-refractivity contribution in [1.29, 1.82) is 0 Å². The van der Waals surface area contributed by atoms with Crippen molar-refractivity contribution < 1.29 is 18.7 Å². The third kappa shape index (κ3) is 1.96. The maximum Gasteiger partial charge on any atom is 0.260 e. The standard InChI is InChI=1S/C15H11F2NO2/c16-11-6-5-9(7-12(11)17)8-18-13-4-2-1-3-10(13)14(19)15(18)20/h1-7,14,19H,8H2. The summed E-state index contributed by atoms with van der Waals surface area (Å²) in [7, 11) is 0. The lowest BCUT2D eigenvalue weighted by Crippen LogP contribution is -2.28. The highest BCUT2D eigenvalue weighted by atomic mass is 19.2. The van der Waals surface area contributed by atoms with Gasteiger partial charge in [0.2, 0.25) is 0 Å². The molecule has 102 valence electrons. The van der Waals surface area contributed by atoms with Crippen LogP contribution in [-0.2, 0) is 11.3 Å². The van der Waals surface area contributed by atoms with Gasteiger partial charge in [-0.2, -0.15) is 0 Å². The summed E-state index contributed by atoms with van der Waals surface area (Å²) in [4.78, 5) is 13.4. The van der Waals surface area contributed by atoms with E-state index in [1.165, 1.54) is 11.0 Å². The van der Waals surface area contributed by atoms with Gasteiger partial charge in [-0.05, 0) is 23.8 Å². The number of hydrogen-bond donors (Lipinski definition) is 1. The van der Waals surface area contributed by atoms with E-state index in [0.717, 1.165) is 12.1 Å². The van der Waals surface area contributed by atoms with Gasteiger partial charge >= 0.3 is 0 Å². The summed E-state index contributed by atoms with van der Waals surface area (Å²) in [6, 6.07) is 10.4. The quantitative estimate of drug-likeness (QED) is 0.915. The third-order valence-electron chi connectivity index (χ3n) is 3.35. The van der Waals surface area contributed by atoms with Crippen LogP contribution < -0.4 is 4.90 Å². The van der Waals surface area contributed by atoms with Crippen molar-refractivity contribution in [2.24, 2.45) is 0 Å². The van der Waals surface area contributed by atoms with Crippen LogP contribution in [0.5, 0.6) is 0 Å². The average molecular weight is 275 g/mol. The van der Waals surface area contributed by atoms with Crippen molar-refractivity contribution in [1.82, 2.24) is 0 Å². The SMILES string of the molecule is O=C1C(O)c2ccccc2N1Cc1ccc(F)c(F)c1. The Balaban J connectivity index is 1.95. The second-order valence-corrected chi connectivity index (χ2v) is 4.63. The van der Waals surface area contributed by atoms with Crippen molar-refractivity contribution in [3.8, 4) is 0 Å². The number of aliphatic hydroxyl groups excluding tert-OH is 1. The summed E-state index contributed by atoms with van der Waals surface area (Å²) < 4.78 is 26.1. The molecule has 20 heavy (non-hydrogen) atoms. The van der Waals surface area contributed by atoms with Gasteiger partial charge in [0.15, 0.2) is 17.7 Å². The van der Waals surface area contributed by atoms with Crippen LogP contribution in [0.2, 0.25) is 0 Å². The summed E-state index contributed by atoms with van der Waals surface area (Å²) >= 11 is 0. The molecule has 5 heteroatoms. The van der Waals surface area contributed by atoms with Crippen LogP contribution in [0.4, 0.5) is 14.5 Å². The lowest BCUT2D eigenvalue weighted by Gasteiger charge is -2.17. The third-order valence-corrected chi connectivity index (χ3v) is 3.35. The van der Waals surface area contributed by atoms with E-state index in [1.807, 2.05) is 0 Å². The Morgan fingerprint density at radius 1 is 1.10 bits per heavy atom. The van der Waals surface area contributed by atoms with Crippen molar-refractivity contribution in [2.45, 2.75) is 12.6 Å². The predicted octanol–water partition coefficient (Wildman–Crippen LogP) is 2.55. The number of nitrogens with zero attached hydrogens (tertiary/aromatic N) is 1. The molecule has 0 aromatic heterocycles. The zero-order valence-electron chi connectivity index (χ0n) is 10.4. The molecule has 1 aliphatic heterocycles. The highest BCUT2D eigenvalue weighted by Crippen LogP contribution is 2.36. The molecule has 3 nitrogen and oxygen atoms in total. The fraction of sp³-hybridized carbons (Fsp3) is 0.133. The van der Waals surface area contributed by atoms with Crippen LogP contribution >= 0.6 is 0 Å². The lowest BCUT2D eigenvalue weighted by atomic mass is 10.1. The molecule has 2 aromatic carbocycles. The Bertz CT molecular complexity index is 687. The minimum Gasteiger partial charge on any atom is -0.378 e. The number of fused-ring (bicyclic) bond motifs is 1. The maximum atomic E-state index is 13.2. The molecule has 1 aliphatic rings. The Morgan fingerprint density at radius 3 is 2.60 bits per heavy atom. The number of aliphatic hydroxyl groups is 1. The van der Waals surface area contributed by atoms with Crippen molar-refractivity contribution in [3.63, 3.8) is 0 Å². The summed E-state index contributed by atoms with van der Waals surface area (Å²) in [5.74, 6) is -2.35. The molecule has 0 fully saturated rings. The van der Waals surface area contributed by atoms with E-state index in [2.05, 4.69) is 0 Å². The number of benzene rings is 2. The molecule has 0 aliphatic carbocycles. The summed E-state index contributed by atoms with van der Waals surface area (Å²) in [5, 5.41) is 9.87. The molecule has 0 radical (unpaired) electrons. The molecule has 1 heterocycles. The number of anilines is 1. The van der Waals surface area contributed by atoms with Gasteiger partial charge < -0.3 is 10.0 Å². The van der Waals surface area contributed by atoms with Gasteiger partial charge in [-0.1, -0.05) is 24.3 Å². The molecule has 0 spiro atoms. The first kappa shape index (κ1) is 12.7. The first-order chi connectivity index (χ1) is 9.58. The molecule has 1 N–H and O–H groups in total. The number of rotatable bonds is 2. The van der Waals surface area contributed by atoms with Gasteiger partial charge in [-0.3, -0.25) is 4.79 Å². The van der Waals surface area contributed by atoms with E-state index in [-0.39, 0.29) is 6.54 Å². The van der Waals surface area contributed by atoms with Gasteiger partial charge in [-0.25, -0.2) is 8.78 Å². The largest absolute Gasteiger partial charge is 0.378 e. The second kappa shape index (κ2) is 4.68. The Hall–Kier alpha value is -2.27. The van der Waals surface area contributed by atoms with Gasteiger partial charge in [0, 0.05) is 5.56 Å². The molecule has 3 rings (SSSR count). The average Bonchev–Trinajstić information content (AvgIpc) is 2.69. The summed E-state index contributed by atoms with van der Waals surface area (Å²) in [6.07, 6.45) is -1.20. The van der Waals surface area contributed by atoms with Crippen molar-refractivity contribution in [3.05, 3.63) is 65.2 Å². The molecular formula is C15H11F2NO2. The van der Waals surface area contributed by atoms with E-state index in [0.29, 0.717) is 16.8 Å². The highest BCUT2D eigenvalue weighted by Gasteiger charge is 2.35. The fourth-order valence-corrected chi connectivity index (χ4v) is 2.35. The number of carbonyl (C=O) groups excluding carboxylic acids is 1. The smallest absolute Gasteiger partial charge is 0.260 e. The number of hydrogen-bond acceptors (Lipinski definition) is 2. The molecule has 1 unspecified atom stereocenters. The fourth-order valence-electron chi connectivity index (χ4n) is 2.35. The molecular weight excluding hydrogens is 264 g/mol. The van der Waals surface area contributed by atoms with Crippen LogP contribution in [-0.4, -0.2) is 11.0 Å². The van der Waals surface area contributed by atoms with Gasteiger partial charge in [0.1, 0.15) is 0 Å². The number of carbonyl (C=O) groups is 1. The summed E-state index contributed by atoms with van der Waals surface area (Å²) in [6.45, 7) is 0.0874. The number of para-hydroxylation sites is 1. The number of amides is 1. The van der Waals surface area contributed by atoms with E-state index in [9.17, 15) is 18.7 Å². The first-order valence-electron chi connectivity index (χ1n) is 6.10. The lowest BCUT2D eigenvalue weighted by molar-refractivity contribution is -0.125. The zero-order valence-corrected chi connectivity index (χ0v) is 10.4. The monoisotopic (exact) mass is 275 g/mol. The van der Waals surface area contributed by atoms with Crippen LogP contribution in [0.25, 0.3) is 0 Å². The topological polar surface area (TPSA) is 40.5 Å². The van der Waals surface area contributed by atoms with E-state index in [4.69, 9.17) is 0 Å². The van der Waals surface area contributed by atoms with E-state index < -0.39 is 23.6 Å². The van der Waals surface area contributed by atoms with Gasteiger partial charge in [-0.15, -0.1) is 0 Å². The Kier molecular flexibility index (Phi) is 2.99. The Morgan fingerprint density at radius 2 is 1.85 bits per heavy atom. The van der Waals surface area contributed by atoms with Crippen LogP contribution in [0, 0.1) is 11.6 Å². The number of halogens is 2. The normalized spacial score (nSPS) is 17.4. The van der Waals surface area contributed by atoms with Crippen LogP contribution in [0.1, 0.15) is 17.2 Å². The van der Waals surface area contributed by atoms with E-state index >= 15 is 0 Å². The van der Waals surface area contributed by atoms with Gasteiger partial charge in [0.05, 0.1) is 12.2 Å². The molecule has 2 aromatic rings. The highest BCUT2D eigenvalue weighted by molar-refractivity contribution is 6.03. The van der Waals surface area contributed by atoms with Crippen molar-refractivity contribution >= 4 is 11.6 Å². The maximum absolute atomic E-state index is 13.2. The van der Waals surface area contributed by atoms with E-state index in [1.54, 1.807) is 24.3 Å². The molecule has 1 amide bonds. The summed E-state index contributed by atoms with van der Waals surface area (Å²) in [5.41, 5.74) is 1.58. The minimum atomic E-state index is -1.20. The van der Waals surface area contributed by atoms with Gasteiger partial charge in [0.25, 0.3) is 5.91 Å². The zero-order chi connectivity index (χ0) is 14.3. The van der Waals surface area contributed by atoms with Crippen LogP contribution in [0.3, 0.4) is 0 Å². The van der Waals surface area contributed by atoms with Crippen LogP contribution in [0.15, 0.2) is 42.5 Å². The first-order valence-corrected chi connectivity index (χ1v) is 6.10. The molecule has 0 saturated carbocycles. The molecule has 1 atom stereocenters.